The lowest BCUT2D eigenvalue weighted by Crippen LogP contribution is -2.15. The van der Waals surface area contributed by atoms with E-state index in [4.69, 9.17) is 0 Å². The molecule has 0 aliphatic heterocycles. The molecule has 0 saturated heterocycles. The van der Waals surface area contributed by atoms with E-state index in [1.54, 1.807) is 11.3 Å². The summed E-state index contributed by atoms with van der Waals surface area (Å²) in [7, 11) is 0. The van der Waals surface area contributed by atoms with Crippen LogP contribution >= 0.6 is 23.1 Å². The number of thioether (sulfide) groups is 1. The number of carbonyl (C=O) groups excluding carboxylic acids is 1. The molecule has 2 aromatic heterocycles. The number of nitrogens with one attached hydrogen (secondary N) is 1. The Morgan fingerprint density at radius 1 is 1.31 bits per heavy atom. The van der Waals surface area contributed by atoms with Crippen molar-refractivity contribution >= 4 is 34.7 Å². The highest BCUT2D eigenvalue weighted by molar-refractivity contribution is 7.99. The maximum Gasteiger partial charge on any atom is 0.234 e. The van der Waals surface area contributed by atoms with Gasteiger partial charge in [-0.2, -0.15) is 0 Å². The fourth-order valence-electron chi connectivity index (χ4n) is 3.26. The van der Waals surface area contributed by atoms with Crippen molar-refractivity contribution in [2.75, 3.05) is 11.1 Å². The average Bonchev–Trinajstić information content (AvgIpc) is 3.25. The number of carbonyl (C=O) groups is 1. The van der Waals surface area contributed by atoms with Crippen molar-refractivity contribution in [2.24, 2.45) is 0 Å². The van der Waals surface area contributed by atoms with Crippen LogP contribution in [-0.4, -0.2) is 26.4 Å². The highest BCUT2D eigenvalue weighted by Crippen LogP contribution is 2.32. The number of thiophene rings is 1. The Labute approximate surface area is 180 Å². The number of rotatable bonds is 8. The maximum atomic E-state index is 12.5. The van der Waals surface area contributed by atoms with Crippen LogP contribution in [0.1, 0.15) is 28.5 Å². The molecule has 3 aromatic rings. The fourth-order valence-corrected chi connectivity index (χ4v) is 4.95. The lowest BCUT2D eigenvalue weighted by Gasteiger charge is -2.10. The Hall–Kier alpha value is -2.38. The van der Waals surface area contributed by atoms with Gasteiger partial charge in [0.2, 0.25) is 5.91 Å². The first-order valence-electron chi connectivity index (χ1n) is 9.55. The van der Waals surface area contributed by atoms with Crippen LogP contribution in [0.15, 0.2) is 41.4 Å². The summed E-state index contributed by atoms with van der Waals surface area (Å²) in [6, 6.07) is 6.00. The summed E-state index contributed by atoms with van der Waals surface area (Å²) >= 11 is 3.12. The van der Waals surface area contributed by atoms with Crippen LogP contribution in [0.3, 0.4) is 0 Å². The molecule has 29 heavy (non-hydrogen) atoms. The molecule has 1 aromatic carbocycles. The van der Waals surface area contributed by atoms with E-state index in [1.807, 2.05) is 36.6 Å². The molecule has 5 nitrogen and oxygen atoms in total. The van der Waals surface area contributed by atoms with Gasteiger partial charge in [0.15, 0.2) is 11.0 Å². The molecule has 0 aliphatic rings. The van der Waals surface area contributed by atoms with Gasteiger partial charge in [-0.15, -0.1) is 28.1 Å². The molecule has 7 heteroatoms. The van der Waals surface area contributed by atoms with Gasteiger partial charge in [-0.05, 0) is 44.4 Å². The smallest absolute Gasteiger partial charge is 0.234 e. The SMILES string of the molecule is C=CCn1c(SCC(=O)Nc2ccc(C)cc2C)nnc1-c1csc(C)c1CC. The van der Waals surface area contributed by atoms with Gasteiger partial charge < -0.3 is 5.32 Å². The van der Waals surface area contributed by atoms with Gasteiger partial charge in [0.1, 0.15) is 0 Å². The predicted molar refractivity (Wildman–Crippen MR) is 123 cm³/mol. The zero-order valence-corrected chi connectivity index (χ0v) is 18.9. The van der Waals surface area contributed by atoms with Gasteiger partial charge in [0.05, 0.1) is 5.75 Å². The zero-order chi connectivity index (χ0) is 21.0. The molecule has 0 radical (unpaired) electrons. The Kier molecular flexibility index (Phi) is 6.92. The second-order valence-electron chi connectivity index (χ2n) is 6.90. The van der Waals surface area contributed by atoms with Crippen molar-refractivity contribution in [3.8, 4) is 11.4 Å². The number of hydrogen-bond acceptors (Lipinski definition) is 5. The van der Waals surface area contributed by atoms with Gasteiger partial charge in [-0.3, -0.25) is 9.36 Å². The summed E-state index contributed by atoms with van der Waals surface area (Å²) in [6.45, 7) is 12.8. The van der Waals surface area contributed by atoms with Gasteiger partial charge in [0.25, 0.3) is 0 Å². The standard InChI is InChI=1S/C22H26N4OS2/c1-6-10-26-21(18-12-28-16(5)17(18)7-2)24-25-22(26)29-13-20(27)23-19-9-8-14(3)11-15(19)4/h6,8-9,11-12H,1,7,10,13H2,2-5H3,(H,23,27). The Bertz CT molecular complexity index is 1040. The number of benzene rings is 1. The third kappa shape index (κ3) is 4.79. The Morgan fingerprint density at radius 2 is 2.10 bits per heavy atom. The number of aromatic nitrogens is 3. The van der Waals surface area contributed by atoms with Crippen molar-refractivity contribution in [3.63, 3.8) is 0 Å². The van der Waals surface area contributed by atoms with E-state index in [2.05, 4.69) is 47.4 Å². The van der Waals surface area contributed by atoms with Crippen molar-refractivity contribution in [1.82, 2.24) is 14.8 Å². The second-order valence-corrected chi connectivity index (χ2v) is 8.92. The summed E-state index contributed by atoms with van der Waals surface area (Å²) in [5.74, 6) is 1.05. The van der Waals surface area contributed by atoms with Crippen molar-refractivity contribution < 1.29 is 4.79 Å². The van der Waals surface area contributed by atoms with E-state index in [1.165, 1.54) is 27.8 Å². The van der Waals surface area contributed by atoms with E-state index < -0.39 is 0 Å². The second kappa shape index (κ2) is 9.41. The third-order valence-corrected chi connectivity index (χ3v) is 6.64. The summed E-state index contributed by atoms with van der Waals surface area (Å²) in [4.78, 5) is 13.8. The van der Waals surface area contributed by atoms with E-state index >= 15 is 0 Å². The van der Waals surface area contributed by atoms with Gasteiger partial charge >= 0.3 is 0 Å². The molecule has 0 unspecified atom stereocenters. The first-order chi connectivity index (χ1) is 13.9. The van der Waals surface area contributed by atoms with Gasteiger partial charge in [-0.1, -0.05) is 42.5 Å². The van der Waals surface area contributed by atoms with Crippen LogP contribution in [0.25, 0.3) is 11.4 Å². The van der Waals surface area contributed by atoms with Crippen molar-refractivity contribution in [2.45, 2.75) is 45.8 Å². The number of anilines is 1. The highest BCUT2D eigenvalue weighted by Gasteiger charge is 2.19. The molecule has 0 bridgehead atoms. The molecule has 2 heterocycles. The Balaban J connectivity index is 1.76. The van der Waals surface area contributed by atoms with Crippen LogP contribution < -0.4 is 5.32 Å². The zero-order valence-electron chi connectivity index (χ0n) is 17.3. The quantitative estimate of drug-likeness (QED) is 0.386. The van der Waals surface area contributed by atoms with Gasteiger partial charge in [-0.25, -0.2) is 0 Å². The third-order valence-electron chi connectivity index (χ3n) is 4.71. The molecule has 3 rings (SSSR count). The van der Waals surface area contributed by atoms with Crippen LogP contribution in [0.2, 0.25) is 0 Å². The van der Waals surface area contributed by atoms with Crippen molar-refractivity contribution in [3.05, 3.63) is 57.8 Å². The lowest BCUT2D eigenvalue weighted by atomic mass is 10.1. The largest absolute Gasteiger partial charge is 0.325 e. The molecule has 1 N–H and O–H groups in total. The predicted octanol–water partition coefficient (Wildman–Crippen LogP) is 5.41. The normalized spacial score (nSPS) is 10.9. The minimum absolute atomic E-state index is 0.0581. The van der Waals surface area contributed by atoms with Gasteiger partial charge in [0, 0.05) is 28.1 Å². The Morgan fingerprint density at radius 3 is 2.79 bits per heavy atom. The first kappa shape index (κ1) is 21.3. The molecular weight excluding hydrogens is 400 g/mol. The van der Waals surface area contributed by atoms with Crippen LogP contribution in [0.4, 0.5) is 5.69 Å². The maximum absolute atomic E-state index is 12.5. The molecule has 0 atom stereocenters. The van der Waals surface area contributed by atoms with E-state index in [0.29, 0.717) is 6.54 Å². The van der Waals surface area contributed by atoms with Crippen LogP contribution in [0, 0.1) is 20.8 Å². The number of nitrogens with zero attached hydrogens (tertiary/aromatic N) is 3. The molecule has 0 saturated carbocycles. The summed E-state index contributed by atoms with van der Waals surface area (Å²) in [5, 5.41) is 14.6. The minimum Gasteiger partial charge on any atom is -0.325 e. The lowest BCUT2D eigenvalue weighted by molar-refractivity contribution is -0.113. The molecular formula is C22H26N4OS2. The molecule has 152 valence electrons. The average molecular weight is 427 g/mol. The molecule has 0 aliphatic carbocycles. The first-order valence-corrected chi connectivity index (χ1v) is 11.4. The molecule has 0 spiro atoms. The van der Waals surface area contributed by atoms with E-state index in [9.17, 15) is 4.79 Å². The fraction of sp³-hybridized carbons (Fsp3) is 0.318. The summed E-state index contributed by atoms with van der Waals surface area (Å²) in [5.41, 5.74) is 5.50. The number of hydrogen-bond donors (Lipinski definition) is 1. The molecule has 0 fully saturated rings. The number of allylic oxidation sites excluding steroid dienone is 1. The van der Waals surface area contributed by atoms with Crippen LogP contribution in [-0.2, 0) is 17.8 Å². The van der Waals surface area contributed by atoms with Crippen molar-refractivity contribution in [1.29, 1.82) is 0 Å². The van der Waals surface area contributed by atoms with Crippen LogP contribution in [0.5, 0.6) is 0 Å². The highest BCUT2D eigenvalue weighted by atomic mass is 32.2. The summed E-state index contributed by atoms with van der Waals surface area (Å²) in [6.07, 6.45) is 2.78. The minimum atomic E-state index is -0.0581. The number of aryl methyl sites for hydroxylation is 3. The molecule has 1 amide bonds. The summed E-state index contributed by atoms with van der Waals surface area (Å²) < 4.78 is 2.03. The van der Waals surface area contributed by atoms with E-state index in [-0.39, 0.29) is 11.7 Å². The monoisotopic (exact) mass is 426 g/mol. The number of amides is 1. The topological polar surface area (TPSA) is 59.8 Å². The van der Waals surface area contributed by atoms with E-state index in [0.717, 1.165) is 34.2 Å².